The fraction of sp³-hybridized carbons (Fsp3) is 0.500. The van der Waals surface area contributed by atoms with Crippen molar-refractivity contribution in [2.75, 3.05) is 4.90 Å². The van der Waals surface area contributed by atoms with Crippen LogP contribution in [0, 0.1) is 30.6 Å². The van der Waals surface area contributed by atoms with Crippen LogP contribution < -0.4 is 4.90 Å². The number of benzene rings is 1. The van der Waals surface area contributed by atoms with Gasteiger partial charge in [-0.05, 0) is 93.4 Å². The molecule has 0 radical (unpaired) electrons. The molecule has 0 unspecified atom stereocenters. The minimum atomic E-state index is 0.0836. The molecular formula is C26H29N3. The standard InChI is InChI=1S/C26H29N3/c1-16-7-3-4-8-22(16)29-17(2)24-25(27-23-9-5-6-10-28(23)24)26(29)20-12-18-11-19(14-20)15-21(26)13-18/h3-10,17-21H,11-15H2,1-2H3/t17-,18?,19?,20?,21?,26?/m0/s1. The van der Waals surface area contributed by atoms with Crippen LogP contribution in [0.1, 0.15) is 62.0 Å². The molecule has 3 heterocycles. The second-order valence-corrected chi connectivity index (χ2v) is 10.2. The van der Waals surface area contributed by atoms with Gasteiger partial charge in [-0.3, -0.25) is 0 Å². The fourth-order valence-corrected chi connectivity index (χ4v) is 8.19. The summed E-state index contributed by atoms with van der Waals surface area (Å²) in [5.74, 6) is 3.40. The van der Waals surface area contributed by atoms with Crippen molar-refractivity contribution in [2.45, 2.75) is 57.5 Å². The third kappa shape index (κ3) is 1.88. The normalized spacial score (nSPS) is 37.0. The van der Waals surface area contributed by atoms with Gasteiger partial charge in [-0.2, -0.15) is 0 Å². The molecule has 1 atom stereocenters. The van der Waals surface area contributed by atoms with Crippen molar-refractivity contribution in [3.05, 3.63) is 65.6 Å². The summed E-state index contributed by atoms with van der Waals surface area (Å²) < 4.78 is 2.38. The van der Waals surface area contributed by atoms with Crippen molar-refractivity contribution < 1.29 is 0 Å². The van der Waals surface area contributed by atoms with Gasteiger partial charge < -0.3 is 9.30 Å². The van der Waals surface area contributed by atoms with Gasteiger partial charge in [0.2, 0.25) is 0 Å². The molecule has 1 aliphatic heterocycles. The molecule has 4 bridgehead atoms. The largest absolute Gasteiger partial charge is 0.351 e. The van der Waals surface area contributed by atoms with Gasteiger partial charge in [-0.15, -0.1) is 0 Å². The van der Waals surface area contributed by atoms with Gasteiger partial charge in [0.05, 0.1) is 23.0 Å². The zero-order valence-corrected chi connectivity index (χ0v) is 17.4. The number of pyridine rings is 1. The SMILES string of the molecule is Cc1ccccc1N1[C@@H](C)c2c(nc3ccccn23)C12C1CC3CC(C1)CC2C3. The van der Waals surface area contributed by atoms with Crippen LogP contribution in [-0.4, -0.2) is 9.38 Å². The number of anilines is 1. The van der Waals surface area contributed by atoms with E-state index in [1.807, 2.05) is 0 Å². The van der Waals surface area contributed by atoms with E-state index in [-0.39, 0.29) is 5.54 Å². The third-order valence-corrected chi connectivity index (χ3v) is 8.89. The van der Waals surface area contributed by atoms with Crippen LogP contribution in [0.3, 0.4) is 0 Å². The van der Waals surface area contributed by atoms with E-state index >= 15 is 0 Å². The Balaban J connectivity index is 1.54. The molecule has 0 N–H and O–H groups in total. The van der Waals surface area contributed by atoms with E-state index in [9.17, 15) is 0 Å². The molecule has 0 amide bonds. The van der Waals surface area contributed by atoms with Crippen LogP contribution in [0.25, 0.3) is 5.65 Å². The Morgan fingerprint density at radius 1 is 0.897 bits per heavy atom. The van der Waals surface area contributed by atoms with Crippen molar-refractivity contribution >= 4 is 11.3 Å². The van der Waals surface area contributed by atoms with Crippen molar-refractivity contribution in [3.8, 4) is 0 Å². The van der Waals surface area contributed by atoms with E-state index < -0.39 is 0 Å². The maximum Gasteiger partial charge on any atom is 0.137 e. The first-order valence-corrected chi connectivity index (χ1v) is 11.5. The molecule has 1 aromatic carbocycles. The summed E-state index contributed by atoms with van der Waals surface area (Å²) >= 11 is 0. The predicted molar refractivity (Wildman–Crippen MR) is 116 cm³/mol. The van der Waals surface area contributed by atoms with Crippen molar-refractivity contribution in [1.29, 1.82) is 0 Å². The fourth-order valence-electron chi connectivity index (χ4n) is 8.19. The number of aryl methyl sites for hydroxylation is 1. The Hall–Kier alpha value is -2.29. The lowest BCUT2D eigenvalue weighted by Crippen LogP contribution is -2.62. The molecule has 4 aliphatic carbocycles. The topological polar surface area (TPSA) is 20.5 Å². The molecule has 3 heteroatoms. The second-order valence-electron chi connectivity index (χ2n) is 10.2. The molecule has 3 aromatic rings. The molecule has 4 saturated carbocycles. The molecule has 4 fully saturated rings. The number of aromatic nitrogens is 2. The first-order chi connectivity index (χ1) is 14.2. The van der Waals surface area contributed by atoms with Crippen molar-refractivity contribution in [2.24, 2.45) is 23.7 Å². The zero-order valence-electron chi connectivity index (χ0n) is 17.4. The lowest BCUT2D eigenvalue weighted by atomic mass is 9.47. The molecule has 0 saturated heterocycles. The molecule has 5 aliphatic rings. The second kappa shape index (κ2) is 5.44. The Kier molecular flexibility index (Phi) is 3.10. The number of hydrogen-bond donors (Lipinski definition) is 0. The van der Waals surface area contributed by atoms with Crippen molar-refractivity contribution in [3.63, 3.8) is 0 Å². The van der Waals surface area contributed by atoms with E-state index in [2.05, 4.69) is 71.8 Å². The smallest absolute Gasteiger partial charge is 0.137 e. The maximum absolute atomic E-state index is 5.37. The number of rotatable bonds is 1. The quantitative estimate of drug-likeness (QED) is 0.523. The van der Waals surface area contributed by atoms with Crippen LogP contribution in [0.15, 0.2) is 48.7 Å². The van der Waals surface area contributed by atoms with E-state index in [1.165, 1.54) is 54.7 Å². The molecule has 8 rings (SSSR count). The Morgan fingerprint density at radius 2 is 1.59 bits per heavy atom. The number of para-hydroxylation sites is 1. The van der Waals surface area contributed by atoms with Crippen LogP contribution in [0.4, 0.5) is 5.69 Å². The van der Waals surface area contributed by atoms with Gasteiger partial charge in [-0.25, -0.2) is 4.98 Å². The van der Waals surface area contributed by atoms with E-state index in [1.54, 1.807) is 0 Å². The lowest BCUT2D eigenvalue weighted by Gasteiger charge is -2.63. The summed E-state index contributed by atoms with van der Waals surface area (Å²) in [7, 11) is 0. The molecular weight excluding hydrogens is 354 g/mol. The molecule has 2 aromatic heterocycles. The number of fused-ring (bicyclic) bond motifs is 3. The van der Waals surface area contributed by atoms with Gasteiger partial charge in [0.15, 0.2) is 0 Å². The van der Waals surface area contributed by atoms with E-state index in [0.29, 0.717) is 6.04 Å². The monoisotopic (exact) mass is 383 g/mol. The first-order valence-electron chi connectivity index (χ1n) is 11.5. The minimum Gasteiger partial charge on any atom is -0.351 e. The van der Waals surface area contributed by atoms with Crippen LogP contribution in [0.5, 0.6) is 0 Å². The van der Waals surface area contributed by atoms with Crippen molar-refractivity contribution in [1.82, 2.24) is 9.38 Å². The summed E-state index contributed by atoms with van der Waals surface area (Å²) in [6, 6.07) is 15.9. The third-order valence-electron chi connectivity index (χ3n) is 8.89. The zero-order chi connectivity index (χ0) is 19.3. The maximum atomic E-state index is 5.37. The van der Waals surface area contributed by atoms with Crippen LogP contribution >= 0.6 is 0 Å². The highest BCUT2D eigenvalue weighted by Gasteiger charge is 2.66. The molecule has 1 spiro atoms. The number of nitrogens with zero attached hydrogens (tertiary/aromatic N) is 3. The Labute approximate surface area is 172 Å². The Morgan fingerprint density at radius 3 is 2.31 bits per heavy atom. The summed E-state index contributed by atoms with van der Waals surface area (Å²) in [6.07, 6.45) is 9.31. The average Bonchev–Trinajstić information content (AvgIpc) is 3.21. The van der Waals surface area contributed by atoms with Gasteiger partial charge in [0.1, 0.15) is 5.65 Å². The van der Waals surface area contributed by atoms with E-state index in [0.717, 1.165) is 29.3 Å². The first kappa shape index (κ1) is 16.5. The molecule has 148 valence electrons. The average molecular weight is 384 g/mol. The van der Waals surface area contributed by atoms with Gasteiger partial charge in [0, 0.05) is 11.9 Å². The minimum absolute atomic E-state index is 0.0836. The highest BCUT2D eigenvalue weighted by atomic mass is 15.3. The van der Waals surface area contributed by atoms with Crippen LogP contribution in [0.2, 0.25) is 0 Å². The van der Waals surface area contributed by atoms with Gasteiger partial charge in [0.25, 0.3) is 0 Å². The Bertz CT molecular complexity index is 1100. The number of hydrogen-bond acceptors (Lipinski definition) is 2. The van der Waals surface area contributed by atoms with Crippen LogP contribution in [-0.2, 0) is 5.54 Å². The highest BCUT2D eigenvalue weighted by molar-refractivity contribution is 5.65. The van der Waals surface area contributed by atoms with Gasteiger partial charge >= 0.3 is 0 Å². The molecule has 3 nitrogen and oxygen atoms in total. The number of imidazole rings is 1. The van der Waals surface area contributed by atoms with E-state index in [4.69, 9.17) is 4.98 Å². The summed E-state index contributed by atoms with van der Waals surface area (Å²) in [6.45, 7) is 4.71. The van der Waals surface area contributed by atoms with Gasteiger partial charge in [-0.1, -0.05) is 24.3 Å². The molecule has 29 heavy (non-hydrogen) atoms. The summed E-state index contributed by atoms with van der Waals surface area (Å²) in [5.41, 5.74) is 6.88. The predicted octanol–water partition coefficient (Wildman–Crippen LogP) is 5.88. The lowest BCUT2D eigenvalue weighted by molar-refractivity contribution is -0.0617. The summed E-state index contributed by atoms with van der Waals surface area (Å²) in [5, 5.41) is 0. The summed E-state index contributed by atoms with van der Waals surface area (Å²) in [4.78, 5) is 8.21. The highest BCUT2D eigenvalue weighted by Crippen LogP contribution is 2.68.